The van der Waals surface area contributed by atoms with Gasteiger partial charge in [-0.05, 0) is 37.6 Å². The van der Waals surface area contributed by atoms with Gasteiger partial charge in [0.05, 0.1) is 12.0 Å². The van der Waals surface area contributed by atoms with Crippen LogP contribution >= 0.6 is 11.3 Å². The third-order valence-electron chi connectivity index (χ3n) is 3.49. The molecule has 0 spiro atoms. The first kappa shape index (κ1) is 16.8. The minimum absolute atomic E-state index is 0.247. The van der Waals surface area contributed by atoms with Gasteiger partial charge in [0.1, 0.15) is 10.8 Å². The molecule has 24 heavy (non-hydrogen) atoms. The molecule has 8 nitrogen and oxygen atoms in total. The van der Waals surface area contributed by atoms with E-state index in [2.05, 4.69) is 20.0 Å². The predicted octanol–water partition coefficient (Wildman–Crippen LogP) is 1.33. The quantitative estimate of drug-likeness (QED) is 0.706. The lowest BCUT2D eigenvalue weighted by Gasteiger charge is -2.10. The molecule has 3 aromatic rings. The first-order chi connectivity index (χ1) is 11.4. The summed E-state index contributed by atoms with van der Waals surface area (Å²) in [7, 11) is -2.03. The molecule has 0 unspecified atom stereocenters. The van der Waals surface area contributed by atoms with Crippen LogP contribution in [0.15, 0.2) is 23.1 Å². The van der Waals surface area contributed by atoms with E-state index in [-0.39, 0.29) is 11.4 Å². The minimum atomic E-state index is -3.57. The Balaban J connectivity index is 1.68. The Labute approximate surface area is 143 Å². The van der Waals surface area contributed by atoms with E-state index in [4.69, 9.17) is 4.74 Å². The van der Waals surface area contributed by atoms with E-state index in [1.54, 1.807) is 36.7 Å². The largest absolute Gasteiger partial charge is 0.497 e. The van der Waals surface area contributed by atoms with Gasteiger partial charge in [-0.15, -0.1) is 10.2 Å². The highest BCUT2D eigenvalue weighted by Crippen LogP contribution is 2.21. The molecule has 0 radical (unpaired) electrons. The van der Waals surface area contributed by atoms with E-state index < -0.39 is 10.0 Å². The van der Waals surface area contributed by atoms with E-state index in [0.29, 0.717) is 28.5 Å². The highest BCUT2D eigenvalue weighted by atomic mass is 32.2. The molecule has 0 aliphatic carbocycles. The Kier molecular flexibility index (Phi) is 4.52. The number of fused-ring (bicyclic) bond motifs is 1. The van der Waals surface area contributed by atoms with Crippen LogP contribution in [0.5, 0.6) is 5.75 Å². The number of benzene rings is 1. The molecule has 0 aliphatic rings. The van der Waals surface area contributed by atoms with Crippen molar-refractivity contribution < 1.29 is 13.2 Å². The molecular weight excluding hydrogens is 350 g/mol. The molecule has 0 bridgehead atoms. The molecule has 0 amide bonds. The van der Waals surface area contributed by atoms with Crippen molar-refractivity contribution in [2.24, 2.45) is 0 Å². The summed E-state index contributed by atoms with van der Waals surface area (Å²) in [5.41, 5.74) is 0.635. The first-order valence-electron chi connectivity index (χ1n) is 7.23. The lowest BCUT2D eigenvalue weighted by Crippen LogP contribution is -2.26. The van der Waals surface area contributed by atoms with Crippen molar-refractivity contribution in [3.05, 3.63) is 34.6 Å². The number of aromatic nitrogens is 4. The average Bonchev–Trinajstić information content (AvgIpc) is 3.08. The molecule has 2 heterocycles. The van der Waals surface area contributed by atoms with Gasteiger partial charge in [-0.2, -0.15) is 9.61 Å². The zero-order valence-corrected chi connectivity index (χ0v) is 15.1. The van der Waals surface area contributed by atoms with Crippen molar-refractivity contribution in [2.75, 3.05) is 13.7 Å². The smallest absolute Gasteiger partial charge is 0.240 e. The van der Waals surface area contributed by atoms with Gasteiger partial charge in [-0.3, -0.25) is 0 Å². The van der Waals surface area contributed by atoms with Gasteiger partial charge in [-0.25, -0.2) is 13.1 Å². The Morgan fingerprint density at radius 3 is 2.75 bits per heavy atom. The van der Waals surface area contributed by atoms with E-state index in [9.17, 15) is 8.42 Å². The fourth-order valence-electron chi connectivity index (χ4n) is 2.28. The van der Waals surface area contributed by atoms with E-state index in [0.717, 1.165) is 5.01 Å². The second kappa shape index (κ2) is 6.46. The summed E-state index contributed by atoms with van der Waals surface area (Å²) in [6, 6.07) is 4.87. The summed E-state index contributed by atoms with van der Waals surface area (Å²) >= 11 is 1.40. The molecule has 0 atom stereocenters. The van der Waals surface area contributed by atoms with Crippen LogP contribution in [0.4, 0.5) is 0 Å². The summed E-state index contributed by atoms with van der Waals surface area (Å²) in [6.45, 7) is 3.82. The van der Waals surface area contributed by atoms with Crippen molar-refractivity contribution >= 4 is 26.3 Å². The third-order valence-corrected chi connectivity index (χ3v) is 6.07. The van der Waals surface area contributed by atoms with Crippen molar-refractivity contribution in [1.82, 2.24) is 24.5 Å². The number of sulfonamides is 1. The molecule has 10 heteroatoms. The Morgan fingerprint density at radius 2 is 2.08 bits per heavy atom. The number of hydrogen-bond donors (Lipinski definition) is 1. The topological polar surface area (TPSA) is 98.5 Å². The van der Waals surface area contributed by atoms with E-state index in [1.807, 2.05) is 6.92 Å². The van der Waals surface area contributed by atoms with Crippen LogP contribution in [-0.2, 0) is 16.4 Å². The highest BCUT2D eigenvalue weighted by Gasteiger charge is 2.17. The number of ether oxygens (including phenoxy) is 1. The molecule has 1 N–H and O–H groups in total. The number of rotatable bonds is 6. The zero-order chi connectivity index (χ0) is 17.3. The monoisotopic (exact) mass is 367 g/mol. The second-order valence-electron chi connectivity index (χ2n) is 5.22. The fourth-order valence-corrected chi connectivity index (χ4v) is 4.41. The number of nitrogens with zero attached hydrogens (tertiary/aromatic N) is 4. The molecule has 0 saturated carbocycles. The second-order valence-corrected chi connectivity index (χ2v) is 7.99. The van der Waals surface area contributed by atoms with E-state index in [1.165, 1.54) is 11.3 Å². The molecule has 1 aromatic carbocycles. The SMILES string of the molecule is COc1ccc(S(=O)(=O)NCCc2nn3c(C)nnc3s2)c(C)c1. The highest BCUT2D eigenvalue weighted by molar-refractivity contribution is 7.89. The maximum Gasteiger partial charge on any atom is 0.240 e. The molecule has 128 valence electrons. The van der Waals surface area contributed by atoms with Gasteiger partial charge < -0.3 is 4.74 Å². The Hall–Kier alpha value is -2.04. The van der Waals surface area contributed by atoms with Crippen molar-refractivity contribution in [3.8, 4) is 5.75 Å². The van der Waals surface area contributed by atoms with Crippen LogP contribution in [0, 0.1) is 13.8 Å². The lowest BCUT2D eigenvalue weighted by atomic mass is 10.2. The number of hydrogen-bond acceptors (Lipinski definition) is 7. The summed E-state index contributed by atoms with van der Waals surface area (Å²) in [5.74, 6) is 1.34. The van der Waals surface area contributed by atoms with Crippen molar-refractivity contribution in [1.29, 1.82) is 0 Å². The molecular formula is C14H17N5O3S2. The average molecular weight is 367 g/mol. The third kappa shape index (κ3) is 3.25. The first-order valence-corrected chi connectivity index (χ1v) is 9.53. The standard InChI is InChI=1S/C14H17N5O3S2/c1-9-8-11(22-3)4-5-12(9)24(20,21)15-7-6-13-18-19-10(2)16-17-14(19)23-13/h4-5,8,15H,6-7H2,1-3H3. The van der Waals surface area contributed by atoms with E-state index >= 15 is 0 Å². The maximum absolute atomic E-state index is 12.4. The molecule has 3 rings (SSSR count). The number of aryl methyl sites for hydroxylation is 2. The van der Waals surface area contributed by atoms with Gasteiger partial charge in [0, 0.05) is 13.0 Å². The van der Waals surface area contributed by atoms with Crippen molar-refractivity contribution in [3.63, 3.8) is 0 Å². The normalized spacial score (nSPS) is 12.0. The summed E-state index contributed by atoms with van der Waals surface area (Å²) in [5, 5.41) is 13.1. The van der Waals surface area contributed by atoms with Crippen LogP contribution in [-0.4, -0.2) is 41.9 Å². The van der Waals surface area contributed by atoms with Crippen LogP contribution < -0.4 is 9.46 Å². The zero-order valence-electron chi connectivity index (χ0n) is 13.5. The van der Waals surface area contributed by atoms with Gasteiger partial charge in [0.25, 0.3) is 0 Å². The maximum atomic E-state index is 12.4. The summed E-state index contributed by atoms with van der Waals surface area (Å²) < 4.78 is 34.2. The van der Waals surface area contributed by atoms with Crippen LogP contribution in [0.3, 0.4) is 0 Å². The van der Waals surface area contributed by atoms with Crippen LogP contribution in [0.25, 0.3) is 4.96 Å². The van der Waals surface area contributed by atoms with Crippen LogP contribution in [0.1, 0.15) is 16.4 Å². The lowest BCUT2D eigenvalue weighted by molar-refractivity contribution is 0.414. The van der Waals surface area contributed by atoms with Gasteiger partial charge in [-0.1, -0.05) is 11.3 Å². The Bertz CT molecular complexity index is 978. The molecule has 0 fully saturated rings. The van der Waals surface area contributed by atoms with Gasteiger partial charge in [0.15, 0.2) is 5.82 Å². The fraction of sp³-hybridized carbons (Fsp3) is 0.357. The summed E-state index contributed by atoms with van der Waals surface area (Å²) in [4.78, 5) is 0.952. The predicted molar refractivity (Wildman–Crippen MR) is 90.0 cm³/mol. The number of nitrogens with one attached hydrogen (secondary N) is 1. The molecule has 2 aromatic heterocycles. The van der Waals surface area contributed by atoms with Gasteiger partial charge in [0.2, 0.25) is 15.0 Å². The summed E-state index contributed by atoms with van der Waals surface area (Å²) in [6.07, 6.45) is 0.488. The Morgan fingerprint density at radius 1 is 1.29 bits per heavy atom. The molecule has 0 saturated heterocycles. The van der Waals surface area contributed by atoms with Gasteiger partial charge >= 0.3 is 0 Å². The van der Waals surface area contributed by atoms with Crippen LogP contribution in [0.2, 0.25) is 0 Å². The molecule has 0 aliphatic heterocycles. The minimum Gasteiger partial charge on any atom is -0.497 e. The number of methoxy groups -OCH3 is 1. The van der Waals surface area contributed by atoms with Crippen molar-refractivity contribution in [2.45, 2.75) is 25.2 Å².